The lowest BCUT2D eigenvalue weighted by Crippen LogP contribution is -2.20. The number of carboxylic acids is 1. The van der Waals surface area contributed by atoms with Gasteiger partial charge < -0.3 is 10.0 Å². The van der Waals surface area contributed by atoms with Gasteiger partial charge in [-0.1, -0.05) is 36.4 Å². The Morgan fingerprint density at radius 2 is 1.80 bits per heavy atom. The fourth-order valence-electron chi connectivity index (χ4n) is 2.12. The van der Waals surface area contributed by atoms with Crippen LogP contribution >= 0.6 is 0 Å². The van der Waals surface area contributed by atoms with Gasteiger partial charge in [-0.05, 0) is 17.7 Å². The molecule has 0 unspecified atom stereocenters. The maximum atomic E-state index is 11.2. The van der Waals surface area contributed by atoms with Crippen LogP contribution in [0.4, 0.5) is 5.69 Å². The number of carboxylic acid groups (broad SMARTS) is 1. The van der Waals surface area contributed by atoms with Crippen LogP contribution in [0, 0.1) is 0 Å². The molecule has 4 nitrogen and oxygen atoms in total. The highest BCUT2D eigenvalue weighted by molar-refractivity contribution is 5.94. The van der Waals surface area contributed by atoms with E-state index in [1.54, 1.807) is 36.4 Å². The molecular weight excluding hydrogens is 254 g/mol. The third-order valence-corrected chi connectivity index (χ3v) is 3.14. The van der Waals surface area contributed by atoms with Gasteiger partial charge in [0.15, 0.2) is 0 Å². The SMILES string of the molecule is CN(Cc1ccccc1C=O)c1ccccc1C(=O)O. The quantitative estimate of drug-likeness (QED) is 0.848. The number of hydrogen-bond donors (Lipinski definition) is 1. The van der Waals surface area contributed by atoms with Gasteiger partial charge in [0.1, 0.15) is 6.29 Å². The monoisotopic (exact) mass is 269 g/mol. The van der Waals surface area contributed by atoms with Crippen LogP contribution in [-0.2, 0) is 6.54 Å². The molecule has 0 radical (unpaired) electrons. The summed E-state index contributed by atoms with van der Waals surface area (Å²) in [7, 11) is 1.81. The Balaban J connectivity index is 2.31. The first-order valence-electron chi connectivity index (χ1n) is 6.20. The number of para-hydroxylation sites is 1. The molecule has 102 valence electrons. The third kappa shape index (κ3) is 2.85. The molecule has 0 aromatic heterocycles. The van der Waals surface area contributed by atoms with Crippen molar-refractivity contribution in [2.45, 2.75) is 6.54 Å². The standard InChI is InChI=1S/C16H15NO3/c1-17(10-12-6-2-3-7-13(12)11-18)15-9-5-4-8-14(15)16(19)20/h2-9,11H,10H2,1H3,(H,19,20). The molecule has 2 aromatic rings. The largest absolute Gasteiger partial charge is 0.478 e. The molecule has 4 heteroatoms. The van der Waals surface area contributed by atoms with Crippen molar-refractivity contribution in [1.82, 2.24) is 0 Å². The van der Waals surface area contributed by atoms with Crippen LogP contribution in [0.15, 0.2) is 48.5 Å². The van der Waals surface area contributed by atoms with Crippen molar-refractivity contribution >= 4 is 17.9 Å². The van der Waals surface area contributed by atoms with E-state index in [2.05, 4.69) is 0 Å². The molecule has 0 saturated carbocycles. The molecule has 20 heavy (non-hydrogen) atoms. The highest BCUT2D eigenvalue weighted by Crippen LogP contribution is 2.21. The number of benzene rings is 2. The highest BCUT2D eigenvalue weighted by atomic mass is 16.4. The van der Waals surface area contributed by atoms with Crippen LogP contribution in [-0.4, -0.2) is 24.4 Å². The van der Waals surface area contributed by atoms with E-state index >= 15 is 0 Å². The summed E-state index contributed by atoms with van der Waals surface area (Å²) in [4.78, 5) is 24.1. The fourth-order valence-corrected chi connectivity index (χ4v) is 2.12. The molecule has 0 aliphatic rings. The Bertz CT molecular complexity index is 637. The Labute approximate surface area is 117 Å². The van der Waals surface area contributed by atoms with Crippen LogP contribution in [0.3, 0.4) is 0 Å². The van der Waals surface area contributed by atoms with Crippen molar-refractivity contribution < 1.29 is 14.7 Å². The van der Waals surface area contributed by atoms with Gasteiger partial charge in [0.25, 0.3) is 0 Å². The van der Waals surface area contributed by atoms with Gasteiger partial charge in [-0.15, -0.1) is 0 Å². The Hall–Kier alpha value is -2.62. The summed E-state index contributed by atoms with van der Waals surface area (Å²) in [6.45, 7) is 0.471. The van der Waals surface area contributed by atoms with E-state index < -0.39 is 5.97 Å². The number of carbonyl (C=O) groups is 2. The zero-order valence-corrected chi connectivity index (χ0v) is 11.1. The minimum absolute atomic E-state index is 0.249. The zero-order valence-electron chi connectivity index (χ0n) is 11.1. The summed E-state index contributed by atoms with van der Waals surface area (Å²) < 4.78 is 0. The summed E-state index contributed by atoms with van der Waals surface area (Å²) in [6.07, 6.45) is 0.812. The number of anilines is 1. The van der Waals surface area contributed by atoms with Crippen molar-refractivity contribution in [2.24, 2.45) is 0 Å². The minimum atomic E-state index is -0.962. The molecule has 0 saturated heterocycles. The summed E-state index contributed by atoms with van der Waals surface area (Å²) in [6, 6.07) is 14.1. The van der Waals surface area contributed by atoms with Crippen molar-refractivity contribution in [2.75, 3.05) is 11.9 Å². The summed E-state index contributed by atoms with van der Waals surface area (Å²) >= 11 is 0. The van der Waals surface area contributed by atoms with E-state index in [4.69, 9.17) is 0 Å². The minimum Gasteiger partial charge on any atom is -0.478 e. The number of carbonyl (C=O) groups excluding carboxylic acids is 1. The summed E-state index contributed by atoms with van der Waals surface area (Å²) in [5, 5.41) is 9.20. The lowest BCUT2D eigenvalue weighted by atomic mass is 10.1. The highest BCUT2D eigenvalue weighted by Gasteiger charge is 2.13. The number of hydrogen-bond acceptors (Lipinski definition) is 3. The number of nitrogens with zero attached hydrogens (tertiary/aromatic N) is 1. The first-order chi connectivity index (χ1) is 9.63. The second-order valence-corrected chi connectivity index (χ2v) is 4.50. The van der Waals surface area contributed by atoms with Gasteiger partial charge in [0.2, 0.25) is 0 Å². The molecule has 0 bridgehead atoms. The maximum Gasteiger partial charge on any atom is 0.337 e. The lowest BCUT2D eigenvalue weighted by Gasteiger charge is -2.22. The summed E-state index contributed by atoms with van der Waals surface area (Å²) in [5.41, 5.74) is 2.36. The first-order valence-corrected chi connectivity index (χ1v) is 6.20. The van der Waals surface area contributed by atoms with Crippen molar-refractivity contribution in [3.63, 3.8) is 0 Å². The third-order valence-electron chi connectivity index (χ3n) is 3.14. The molecule has 0 aliphatic heterocycles. The molecule has 0 amide bonds. The van der Waals surface area contributed by atoms with Crippen LogP contribution in [0.2, 0.25) is 0 Å². The van der Waals surface area contributed by atoms with Crippen LogP contribution in [0.5, 0.6) is 0 Å². The van der Waals surface area contributed by atoms with E-state index in [0.717, 1.165) is 11.8 Å². The topological polar surface area (TPSA) is 57.6 Å². The van der Waals surface area contributed by atoms with Crippen molar-refractivity contribution in [1.29, 1.82) is 0 Å². The molecule has 2 aromatic carbocycles. The van der Waals surface area contributed by atoms with Gasteiger partial charge in [0.05, 0.1) is 11.3 Å². The molecule has 1 N–H and O–H groups in total. The fraction of sp³-hybridized carbons (Fsp3) is 0.125. The number of rotatable bonds is 5. The molecule has 0 spiro atoms. The van der Waals surface area contributed by atoms with Crippen molar-refractivity contribution in [3.05, 3.63) is 65.2 Å². The smallest absolute Gasteiger partial charge is 0.337 e. The average Bonchev–Trinajstić information content (AvgIpc) is 2.47. The van der Waals surface area contributed by atoms with Gasteiger partial charge in [-0.3, -0.25) is 4.79 Å². The molecule has 0 atom stereocenters. The van der Waals surface area contributed by atoms with E-state index in [1.807, 2.05) is 24.1 Å². The molecular formula is C16H15NO3. The molecule has 2 rings (SSSR count). The second-order valence-electron chi connectivity index (χ2n) is 4.50. The maximum absolute atomic E-state index is 11.2. The Morgan fingerprint density at radius 3 is 2.50 bits per heavy atom. The number of aromatic carboxylic acids is 1. The van der Waals surface area contributed by atoms with Crippen molar-refractivity contribution in [3.8, 4) is 0 Å². The Morgan fingerprint density at radius 1 is 1.15 bits per heavy atom. The van der Waals surface area contributed by atoms with E-state index in [1.165, 1.54) is 0 Å². The van der Waals surface area contributed by atoms with E-state index in [-0.39, 0.29) is 5.56 Å². The zero-order chi connectivity index (χ0) is 14.5. The normalized spacial score (nSPS) is 10.1. The number of aldehydes is 1. The van der Waals surface area contributed by atoms with Gasteiger partial charge in [-0.2, -0.15) is 0 Å². The van der Waals surface area contributed by atoms with Crippen LogP contribution < -0.4 is 4.90 Å². The van der Waals surface area contributed by atoms with E-state index in [0.29, 0.717) is 17.8 Å². The lowest BCUT2D eigenvalue weighted by molar-refractivity contribution is 0.0697. The molecule has 0 aliphatic carbocycles. The van der Waals surface area contributed by atoms with Gasteiger partial charge in [0, 0.05) is 19.2 Å². The van der Waals surface area contributed by atoms with Crippen LogP contribution in [0.1, 0.15) is 26.3 Å². The predicted molar refractivity (Wildman–Crippen MR) is 77.3 cm³/mol. The predicted octanol–water partition coefficient (Wildman–Crippen LogP) is 2.83. The van der Waals surface area contributed by atoms with Gasteiger partial charge >= 0.3 is 5.97 Å². The first kappa shape index (κ1) is 13.8. The van der Waals surface area contributed by atoms with Crippen LogP contribution in [0.25, 0.3) is 0 Å². The summed E-state index contributed by atoms with van der Waals surface area (Å²) in [5.74, 6) is -0.962. The second kappa shape index (κ2) is 6.02. The van der Waals surface area contributed by atoms with E-state index in [9.17, 15) is 14.7 Å². The van der Waals surface area contributed by atoms with Gasteiger partial charge in [-0.25, -0.2) is 4.79 Å². The molecule has 0 fully saturated rings. The average molecular weight is 269 g/mol. The Kier molecular flexibility index (Phi) is 4.15. The molecule has 0 heterocycles.